The molecule has 6 rings (SSSR count). The van der Waals surface area contributed by atoms with Crippen LogP contribution in [0, 0.1) is 0 Å². The number of hydrogen-bond acceptors (Lipinski definition) is 6. The number of aromatic nitrogens is 2. The standard InChI is InChI=1S/C33H42N6O4/c40-31-16-21-39(33(42)36-31)30-10-6-9-29-27(30)15-20-38(29)25-13-18-37(19-14-25)17-4-5-22-43-26-11-12-28(34-23-26)32(41)35-24-7-2-1-3-8-24/h6,9-12,15,20,23-25H,1-5,7-8,13-14,16-19,21-22H2,(H,35,41)(H,36,40,42). The lowest BCUT2D eigenvalue weighted by atomic mass is 9.95. The molecule has 0 radical (unpaired) electrons. The molecule has 10 nitrogen and oxygen atoms in total. The van der Waals surface area contributed by atoms with Crippen LogP contribution in [0.3, 0.4) is 0 Å². The lowest BCUT2D eigenvalue weighted by molar-refractivity contribution is -0.120. The Balaban J connectivity index is 0.917. The maximum atomic E-state index is 12.5. The maximum Gasteiger partial charge on any atom is 0.328 e. The number of benzene rings is 1. The highest BCUT2D eigenvalue weighted by molar-refractivity contribution is 6.09. The fourth-order valence-electron chi connectivity index (χ4n) is 6.67. The summed E-state index contributed by atoms with van der Waals surface area (Å²) < 4.78 is 8.25. The van der Waals surface area contributed by atoms with Crippen molar-refractivity contribution in [1.82, 2.24) is 25.1 Å². The van der Waals surface area contributed by atoms with Crippen molar-refractivity contribution in [2.45, 2.75) is 76.3 Å². The largest absolute Gasteiger partial charge is 0.492 e. The molecule has 2 aliphatic heterocycles. The van der Waals surface area contributed by atoms with E-state index in [-0.39, 0.29) is 23.9 Å². The number of hydrogen-bond donors (Lipinski definition) is 2. The van der Waals surface area contributed by atoms with Crippen LogP contribution >= 0.6 is 0 Å². The Kier molecular flexibility index (Phi) is 9.21. The summed E-state index contributed by atoms with van der Waals surface area (Å²) in [6.45, 7) is 4.19. The van der Waals surface area contributed by atoms with Crippen LogP contribution in [0.1, 0.15) is 80.7 Å². The summed E-state index contributed by atoms with van der Waals surface area (Å²) in [5.74, 6) is 0.387. The number of ether oxygens (including phenoxy) is 1. The molecule has 1 saturated carbocycles. The first-order chi connectivity index (χ1) is 21.0. The Morgan fingerprint density at radius 3 is 2.58 bits per heavy atom. The molecule has 4 amide bonds. The smallest absolute Gasteiger partial charge is 0.328 e. The maximum absolute atomic E-state index is 12.5. The van der Waals surface area contributed by atoms with Gasteiger partial charge in [0.05, 0.1) is 24.0 Å². The fourth-order valence-corrected chi connectivity index (χ4v) is 6.67. The summed E-state index contributed by atoms with van der Waals surface area (Å²) in [5, 5.41) is 6.58. The molecule has 2 aromatic heterocycles. The minimum Gasteiger partial charge on any atom is -0.492 e. The van der Waals surface area contributed by atoms with Gasteiger partial charge >= 0.3 is 6.03 Å². The quantitative estimate of drug-likeness (QED) is 0.322. The average Bonchev–Trinajstić information content (AvgIpc) is 3.47. The lowest BCUT2D eigenvalue weighted by Crippen LogP contribution is -2.49. The molecule has 3 aliphatic rings. The number of anilines is 1. The first kappa shape index (κ1) is 29.2. The molecule has 0 spiro atoms. The van der Waals surface area contributed by atoms with Crippen molar-refractivity contribution < 1.29 is 19.1 Å². The molecule has 0 bridgehead atoms. The van der Waals surface area contributed by atoms with Crippen LogP contribution in [0.4, 0.5) is 10.5 Å². The molecular weight excluding hydrogens is 544 g/mol. The topological polar surface area (TPSA) is 109 Å². The first-order valence-electron chi connectivity index (χ1n) is 15.9. The van der Waals surface area contributed by atoms with Gasteiger partial charge in [-0.2, -0.15) is 0 Å². The number of imide groups is 1. The van der Waals surface area contributed by atoms with Gasteiger partial charge in [0.15, 0.2) is 0 Å². The van der Waals surface area contributed by atoms with Crippen molar-refractivity contribution in [2.75, 3.05) is 37.7 Å². The highest BCUT2D eigenvalue weighted by Gasteiger charge is 2.27. The molecule has 2 saturated heterocycles. The summed E-state index contributed by atoms with van der Waals surface area (Å²) in [7, 11) is 0. The van der Waals surface area contributed by atoms with E-state index >= 15 is 0 Å². The van der Waals surface area contributed by atoms with Gasteiger partial charge in [-0.05, 0) is 75.4 Å². The number of carbonyl (C=O) groups excluding carboxylic acids is 3. The first-order valence-corrected chi connectivity index (χ1v) is 15.9. The van der Waals surface area contributed by atoms with Gasteiger partial charge in [-0.1, -0.05) is 25.3 Å². The van der Waals surface area contributed by atoms with Crippen molar-refractivity contribution in [3.8, 4) is 5.75 Å². The van der Waals surface area contributed by atoms with Crippen molar-refractivity contribution in [2.24, 2.45) is 0 Å². The van der Waals surface area contributed by atoms with E-state index in [4.69, 9.17) is 4.74 Å². The molecule has 3 fully saturated rings. The van der Waals surface area contributed by atoms with Gasteiger partial charge in [0.2, 0.25) is 5.91 Å². The van der Waals surface area contributed by atoms with E-state index in [1.807, 2.05) is 18.2 Å². The molecule has 3 aromatic rings. The van der Waals surface area contributed by atoms with E-state index in [1.54, 1.807) is 17.2 Å². The molecular formula is C33H42N6O4. The second-order valence-electron chi connectivity index (χ2n) is 12.0. The summed E-state index contributed by atoms with van der Waals surface area (Å²) in [6.07, 6.45) is 14.0. The van der Waals surface area contributed by atoms with E-state index in [0.29, 0.717) is 37.1 Å². The van der Waals surface area contributed by atoms with Crippen molar-refractivity contribution >= 4 is 34.4 Å². The van der Waals surface area contributed by atoms with Gasteiger partial charge in [-0.25, -0.2) is 9.78 Å². The molecule has 0 unspecified atom stereocenters. The van der Waals surface area contributed by atoms with E-state index in [1.165, 1.54) is 19.3 Å². The van der Waals surface area contributed by atoms with Gasteiger partial charge in [0.25, 0.3) is 5.91 Å². The summed E-state index contributed by atoms with van der Waals surface area (Å²) in [4.78, 5) is 45.0. The Morgan fingerprint density at radius 2 is 1.81 bits per heavy atom. The summed E-state index contributed by atoms with van der Waals surface area (Å²) >= 11 is 0. The van der Waals surface area contributed by atoms with Crippen LogP contribution in [-0.2, 0) is 4.79 Å². The van der Waals surface area contributed by atoms with E-state index in [0.717, 1.165) is 74.7 Å². The van der Waals surface area contributed by atoms with E-state index in [9.17, 15) is 14.4 Å². The molecule has 4 heterocycles. The Hall–Kier alpha value is -3.92. The Labute approximate surface area is 252 Å². The monoisotopic (exact) mass is 586 g/mol. The molecule has 0 atom stereocenters. The average molecular weight is 587 g/mol. The van der Waals surface area contributed by atoms with Crippen LogP contribution in [0.2, 0.25) is 0 Å². The number of rotatable bonds is 10. The Morgan fingerprint density at radius 1 is 0.977 bits per heavy atom. The summed E-state index contributed by atoms with van der Waals surface area (Å²) in [6, 6.07) is 12.1. The van der Waals surface area contributed by atoms with Gasteiger partial charge in [0.1, 0.15) is 11.4 Å². The molecule has 228 valence electrons. The van der Waals surface area contributed by atoms with Gasteiger partial charge in [-0.15, -0.1) is 0 Å². The van der Waals surface area contributed by atoms with Crippen LogP contribution in [0.15, 0.2) is 48.8 Å². The van der Waals surface area contributed by atoms with Crippen LogP contribution in [0.25, 0.3) is 10.9 Å². The number of unbranched alkanes of at least 4 members (excludes halogenated alkanes) is 1. The molecule has 43 heavy (non-hydrogen) atoms. The molecule has 2 N–H and O–H groups in total. The van der Waals surface area contributed by atoms with E-state index < -0.39 is 0 Å². The van der Waals surface area contributed by atoms with Crippen molar-refractivity contribution in [3.63, 3.8) is 0 Å². The molecule has 10 heteroatoms. The number of fused-ring (bicyclic) bond motifs is 1. The number of pyridine rings is 1. The number of likely N-dealkylation sites (tertiary alicyclic amines) is 1. The number of nitrogens with zero attached hydrogens (tertiary/aromatic N) is 4. The van der Waals surface area contributed by atoms with Crippen molar-refractivity contribution in [1.29, 1.82) is 0 Å². The second kappa shape index (κ2) is 13.6. The minimum absolute atomic E-state index is 0.0952. The zero-order chi connectivity index (χ0) is 29.6. The predicted molar refractivity (Wildman–Crippen MR) is 165 cm³/mol. The third-order valence-electron chi connectivity index (χ3n) is 9.08. The molecule has 1 aliphatic carbocycles. The van der Waals surface area contributed by atoms with Gasteiger partial charge in [0, 0.05) is 49.7 Å². The number of amides is 4. The van der Waals surface area contributed by atoms with Gasteiger partial charge in [-0.3, -0.25) is 19.8 Å². The third kappa shape index (κ3) is 7.01. The number of carbonyl (C=O) groups is 3. The Bertz CT molecular complexity index is 1420. The second-order valence-corrected chi connectivity index (χ2v) is 12.0. The highest BCUT2D eigenvalue weighted by Crippen LogP contribution is 2.33. The molecule has 1 aromatic carbocycles. The SMILES string of the molecule is O=C1CCN(c2cccc3c2ccn3C2CCN(CCCCOc3ccc(C(=O)NC4CCCCC4)nc3)CC2)C(=O)N1. The zero-order valence-corrected chi connectivity index (χ0v) is 24.8. The fraction of sp³-hybridized carbons (Fsp3) is 0.515. The van der Waals surface area contributed by atoms with Crippen LogP contribution in [-0.4, -0.2) is 71.1 Å². The normalized spacial score (nSPS) is 19.0. The van der Waals surface area contributed by atoms with Crippen LogP contribution < -0.4 is 20.3 Å². The predicted octanol–water partition coefficient (Wildman–Crippen LogP) is 5.04. The lowest BCUT2D eigenvalue weighted by Gasteiger charge is -2.33. The van der Waals surface area contributed by atoms with E-state index in [2.05, 4.69) is 43.4 Å². The zero-order valence-electron chi connectivity index (χ0n) is 24.8. The number of nitrogens with one attached hydrogen (secondary N) is 2. The third-order valence-corrected chi connectivity index (χ3v) is 9.08. The number of piperidine rings is 1. The summed E-state index contributed by atoms with van der Waals surface area (Å²) in [5.41, 5.74) is 2.43. The number of urea groups is 1. The van der Waals surface area contributed by atoms with Gasteiger partial charge < -0.3 is 19.5 Å². The van der Waals surface area contributed by atoms with Crippen molar-refractivity contribution in [3.05, 3.63) is 54.5 Å². The highest BCUT2D eigenvalue weighted by atomic mass is 16.5. The minimum atomic E-state index is -0.348. The van der Waals surface area contributed by atoms with Crippen LogP contribution in [0.5, 0.6) is 5.75 Å².